The number of ether oxygens (including phenoxy) is 1. The van der Waals surface area contributed by atoms with Crippen molar-refractivity contribution in [3.05, 3.63) is 0 Å². The lowest BCUT2D eigenvalue weighted by atomic mass is 10.2. The van der Waals surface area contributed by atoms with Gasteiger partial charge in [0, 0.05) is 35.8 Å². The third-order valence-electron chi connectivity index (χ3n) is 3.21. The summed E-state index contributed by atoms with van der Waals surface area (Å²) in [5.74, 6) is 2.17. The maximum Gasteiger partial charge on any atom is 0.407 e. The van der Waals surface area contributed by atoms with Gasteiger partial charge < -0.3 is 10.1 Å². The van der Waals surface area contributed by atoms with Crippen LogP contribution in [0.1, 0.15) is 20.8 Å². The van der Waals surface area contributed by atoms with Gasteiger partial charge in [-0.1, -0.05) is 0 Å². The van der Waals surface area contributed by atoms with E-state index in [2.05, 4.69) is 25.4 Å². The molecule has 2 atom stereocenters. The van der Waals surface area contributed by atoms with Gasteiger partial charge in [0.1, 0.15) is 5.60 Å². The molecular formula is C11H19BrN2O2. The number of nitrogens with one attached hydrogen (secondary N) is 1. The minimum Gasteiger partial charge on any atom is -0.444 e. The molecule has 1 aliphatic heterocycles. The summed E-state index contributed by atoms with van der Waals surface area (Å²) in [7, 11) is 0. The molecule has 0 aromatic rings. The molecule has 1 N–H and O–H groups in total. The molecule has 1 aliphatic carbocycles. The van der Waals surface area contributed by atoms with Crippen molar-refractivity contribution in [1.29, 1.82) is 0 Å². The second kappa shape index (κ2) is 4.18. The van der Waals surface area contributed by atoms with Gasteiger partial charge in [-0.25, -0.2) is 8.72 Å². The highest BCUT2D eigenvalue weighted by Gasteiger charge is 2.54. The SMILES string of the molecule is CC(C)(C)OC(=O)NCC1C2CN(Br)CC12. The van der Waals surface area contributed by atoms with Crippen molar-refractivity contribution in [2.75, 3.05) is 19.6 Å². The topological polar surface area (TPSA) is 41.6 Å². The van der Waals surface area contributed by atoms with Crippen LogP contribution in [0.2, 0.25) is 0 Å². The monoisotopic (exact) mass is 290 g/mol. The van der Waals surface area contributed by atoms with E-state index in [1.807, 2.05) is 20.8 Å². The fourth-order valence-corrected chi connectivity index (χ4v) is 3.08. The molecule has 0 radical (unpaired) electrons. The van der Waals surface area contributed by atoms with Crippen LogP contribution in [0, 0.1) is 17.8 Å². The smallest absolute Gasteiger partial charge is 0.407 e. The summed E-state index contributed by atoms with van der Waals surface area (Å²) in [4.78, 5) is 11.4. The molecule has 0 aromatic carbocycles. The average molecular weight is 291 g/mol. The van der Waals surface area contributed by atoms with Gasteiger partial charge >= 0.3 is 6.09 Å². The Kier molecular flexibility index (Phi) is 3.18. The Labute approximate surface area is 105 Å². The molecule has 5 heteroatoms. The lowest BCUT2D eigenvalue weighted by molar-refractivity contribution is 0.0523. The van der Waals surface area contributed by atoms with E-state index in [0.29, 0.717) is 5.92 Å². The summed E-state index contributed by atoms with van der Waals surface area (Å²) in [5.41, 5.74) is -0.407. The first-order valence-electron chi connectivity index (χ1n) is 5.74. The van der Waals surface area contributed by atoms with Crippen LogP contribution in [0.4, 0.5) is 4.79 Å². The zero-order chi connectivity index (χ0) is 11.9. The molecule has 0 aromatic heterocycles. The van der Waals surface area contributed by atoms with Crippen molar-refractivity contribution in [1.82, 2.24) is 9.24 Å². The lowest BCUT2D eigenvalue weighted by Crippen LogP contribution is -2.34. The summed E-state index contributed by atoms with van der Waals surface area (Å²) in [5, 5.41) is 2.85. The fraction of sp³-hybridized carbons (Fsp3) is 0.909. The van der Waals surface area contributed by atoms with Gasteiger partial charge in [0.25, 0.3) is 0 Å². The third kappa shape index (κ3) is 2.88. The van der Waals surface area contributed by atoms with Crippen LogP contribution in [0.15, 0.2) is 0 Å². The first-order chi connectivity index (χ1) is 7.37. The third-order valence-corrected chi connectivity index (χ3v) is 3.79. The second-order valence-corrected chi connectivity index (χ2v) is 6.71. The van der Waals surface area contributed by atoms with Gasteiger partial charge in [-0.3, -0.25) is 0 Å². The van der Waals surface area contributed by atoms with E-state index >= 15 is 0 Å². The van der Waals surface area contributed by atoms with E-state index in [0.717, 1.165) is 31.5 Å². The van der Waals surface area contributed by atoms with Crippen molar-refractivity contribution < 1.29 is 9.53 Å². The average Bonchev–Trinajstić information content (AvgIpc) is 2.54. The largest absolute Gasteiger partial charge is 0.444 e. The molecule has 2 unspecified atom stereocenters. The lowest BCUT2D eigenvalue weighted by Gasteiger charge is -2.20. The molecule has 4 nitrogen and oxygen atoms in total. The van der Waals surface area contributed by atoms with E-state index in [4.69, 9.17) is 4.74 Å². The quantitative estimate of drug-likeness (QED) is 0.791. The molecular weight excluding hydrogens is 272 g/mol. The van der Waals surface area contributed by atoms with Crippen LogP contribution >= 0.6 is 16.1 Å². The molecule has 1 saturated carbocycles. The molecule has 2 rings (SSSR count). The highest BCUT2D eigenvalue weighted by molar-refractivity contribution is 9.07. The summed E-state index contributed by atoms with van der Waals surface area (Å²) < 4.78 is 7.36. The molecule has 2 aliphatic rings. The molecule has 1 saturated heterocycles. The summed E-state index contributed by atoms with van der Waals surface area (Å²) >= 11 is 3.48. The number of carbonyl (C=O) groups is 1. The van der Waals surface area contributed by atoms with Crippen molar-refractivity contribution in [3.63, 3.8) is 0 Å². The van der Waals surface area contributed by atoms with Crippen molar-refractivity contribution >= 4 is 22.2 Å². The number of carbonyl (C=O) groups excluding carboxylic acids is 1. The van der Waals surface area contributed by atoms with Crippen molar-refractivity contribution in [3.8, 4) is 0 Å². The Morgan fingerprint density at radius 3 is 2.50 bits per heavy atom. The predicted molar refractivity (Wildman–Crippen MR) is 65.2 cm³/mol. The zero-order valence-corrected chi connectivity index (χ0v) is 11.6. The second-order valence-electron chi connectivity index (χ2n) is 5.70. The van der Waals surface area contributed by atoms with Crippen LogP contribution in [0.5, 0.6) is 0 Å². The molecule has 92 valence electrons. The summed E-state index contributed by atoms with van der Waals surface area (Å²) in [6, 6.07) is 0. The summed E-state index contributed by atoms with van der Waals surface area (Å²) in [6.07, 6.45) is -0.298. The van der Waals surface area contributed by atoms with Crippen LogP contribution < -0.4 is 5.32 Å². The highest BCUT2D eigenvalue weighted by Crippen LogP contribution is 2.51. The maximum atomic E-state index is 11.4. The zero-order valence-electron chi connectivity index (χ0n) is 10.00. The maximum absolute atomic E-state index is 11.4. The van der Waals surface area contributed by atoms with Gasteiger partial charge in [-0.05, 0) is 38.5 Å². The Bertz CT molecular complexity index is 278. The van der Waals surface area contributed by atoms with Crippen molar-refractivity contribution in [2.45, 2.75) is 26.4 Å². The van der Waals surface area contributed by atoms with E-state index in [9.17, 15) is 4.79 Å². The molecule has 1 heterocycles. The molecule has 0 spiro atoms. The summed E-state index contributed by atoms with van der Waals surface area (Å²) in [6.45, 7) is 8.59. The first kappa shape index (κ1) is 12.2. The number of rotatable bonds is 2. The predicted octanol–water partition coefficient (Wildman–Crippen LogP) is 2.00. The van der Waals surface area contributed by atoms with Gasteiger partial charge in [-0.15, -0.1) is 0 Å². The van der Waals surface area contributed by atoms with E-state index in [1.54, 1.807) is 0 Å². The van der Waals surface area contributed by atoms with Gasteiger partial charge in [-0.2, -0.15) is 0 Å². The van der Waals surface area contributed by atoms with Crippen LogP contribution in [0.25, 0.3) is 0 Å². The number of alkyl carbamates (subject to hydrolysis) is 1. The van der Waals surface area contributed by atoms with Gasteiger partial charge in [0.05, 0.1) is 0 Å². The number of hydrogen-bond acceptors (Lipinski definition) is 3. The molecule has 2 fully saturated rings. The number of halogens is 1. The number of piperidine rings is 1. The van der Waals surface area contributed by atoms with Crippen LogP contribution in [-0.2, 0) is 4.74 Å². The van der Waals surface area contributed by atoms with Crippen LogP contribution in [-0.4, -0.2) is 35.3 Å². The highest BCUT2D eigenvalue weighted by atomic mass is 79.9. The first-order valence-corrected chi connectivity index (χ1v) is 6.45. The Morgan fingerprint density at radius 2 is 2.00 bits per heavy atom. The van der Waals surface area contributed by atoms with Crippen LogP contribution in [0.3, 0.4) is 0 Å². The van der Waals surface area contributed by atoms with E-state index in [1.165, 1.54) is 0 Å². The number of hydrogen-bond donors (Lipinski definition) is 1. The number of fused-ring (bicyclic) bond motifs is 1. The Hall–Kier alpha value is -0.290. The molecule has 1 amide bonds. The number of nitrogens with zero attached hydrogens (tertiary/aromatic N) is 1. The number of amides is 1. The standard InChI is InChI=1S/C11H19BrN2O2/c1-11(2,3)16-10(15)13-4-7-8-5-14(12)6-9(7)8/h7-9H,4-6H2,1-3H3,(H,13,15). The minimum absolute atomic E-state index is 0.298. The Morgan fingerprint density at radius 1 is 1.44 bits per heavy atom. The van der Waals surface area contributed by atoms with Gasteiger partial charge in [0.15, 0.2) is 0 Å². The Balaban J connectivity index is 1.65. The molecule has 16 heavy (non-hydrogen) atoms. The fourth-order valence-electron chi connectivity index (χ4n) is 2.42. The van der Waals surface area contributed by atoms with E-state index < -0.39 is 5.60 Å². The molecule has 0 bridgehead atoms. The van der Waals surface area contributed by atoms with E-state index in [-0.39, 0.29) is 6.09 Å². The van der Waals surface area contributed by atoms with Crippen molar-refractivity contribution in [2.24, 2.45) is 17.8 Å². The normalized spacial score (nSPS) is 33.4. The minimum atomic E-state index is -0.407. The van der Waals surface area contributed by atoms with Gasteiger partial charge in [0.2, 0.25) is 0 Å².